The van der Waals surface area contributed by atoms with Gasteiger partial charge in [0, 0.05) is 12.0 Å². The third-order valence-corrected chi connectivity index (χ3v) is 2.97. The Balaban J connectivity index is 2.26. The van der Waals surface area contributed by atoms with Crippen LogP contribution in [0.5, 0.6) is 11.5 Å². The number of nitrogens with two attached hydrogens (primary N) is 1. The van der Waals surface area contributed by atoms with Crippen LogP contribution in [0.15, 0.2) is 48.5 Å². The lowest BCUT2D eigenvalue weighted by molar-refractivity contribution is -0.142. The molecule has 5 heteroatoms. The van der Waals surface area contributed by atoms with Gasteiger partial charge in [0.1, 0.15) is 23.4 Å². The lowest BCUT2D eigenvalue weighted by Gasteiger charge is -2.14. The first kappa shape index (κ1) is 15.0. The van der Waals surface area contributed by atoms with Crippen LogP contribution in [-0.2, 0) is 16.0 Å². The predicted molar refractivity (Wildman–Crippen MR) is 76.6 cm³/mol. The summed E-state index contributed by atoms with van der Waals surface area (Å²) in [5, 5.41) is 0. The van der Waals surface area contributed by atoms with Crippen LogP contribution in [0.25, 0.3) is 0 Å². The predicted octanol–water partition coefficient (Wildman–Crippen LogP) is 2.66. The van der Waals surface area contributed by atoms with Crippen LogP contribution in [-0.4, -0.2) is 19.1 Å². The van der Waals surface area contributed by atoms with Gasteiger partial charge in [-0.15, -0.1) is 0 Å². The molecule has 0 amide bonds. The molecule has 4 nitrogen and oxygen atoms in total. The van der Waals surface area contributed by atoms with Gasteiger partial charge in [-0.1, -0.05) is 24.3 Å². The van der Waals surface area contributed by atoms with Gasteiger partial charge in [-0.2, -0.15) is 0 Å². The molecule has 2 N–H and O–H groups in total. The van der Waals surface area contributed by atoms with Crippen LogP contribution < -0.4 is 10.5 Å². The highest BCUT2D eigenvalue weighted by Crippen LogP contribution is 2.28. The summed E-state index contributed by atoms with van der Waals surface area (Å²) in [7, 11) is 1.24. The van der Waals surface area contributed by atoms with Gasteiger partial charge in [-0.25, -0.2) is 4.39 Å². The number of hydrogen-bond acceptors (Lipinski definition) is 4. The van der Waals surface area contributed by atoms with E-state index >= 15 is 0 Å². The molecule has 0 radical (unpaired) electrons. The average molecular weight is 289 g/mol. The topological polar surface area (TPSA) is 61.5 Å². The van der Waals surface area contributed by atoms with Crippen molar-refractivity contribution >= 4 is 5.97 Å². The van der Waals surface area contributed by atoms with Gasteiger partial charge >= 0.3 is 5.97 Å². The maximum Gasteiger partial charge on any atom is 0.322 e. The summed E-state index contributed by atoms with van der Waals surface area (Å²) in [6.45, 7) is 0. The lowest BCUT2D eigenvalue weighted by atomic mass is 10.0. The van der Waals surface area contributed by atoms with Crippen molar-refractivity contribution in [3.05, 3.63) is 59.9 Å². The van der Waals surface area contributed by atoms with E-state index in [0.717, 1.165) is 0 Å². The normalized spacial score (nSPS) is 11.8. The van der Waals surface area contributed by atoms with Gasteiger partial charge in [0.25, 0.3) is 0 Å². The van der Waals surface area contributed by atoms with Gasteiger partial charge in [-0.05, 0) is 24.3 Å². The van der Waals surface area contributed by atoms with E-state index in [2.05, 4.69) is 4.74 Å². The molecule has 0 spiro atoms. The molecule has 1 unspecified atom stereocenters. The second-order valence-corrected chi connectivity index (χ2v) is 4.47. The standard InChI is InChI=1S/C16H16FNO3/c1-20-16(19)14(18)10-12-13(17)8-5-9-15(12)21-11-6-3-2-4-7-11/h2-9,14H,10,18H2,1H3. The Hall–Kier alpha value is -2.40. The molecule has 0 aliphatic rings. The van der Waals surface area contributed by atoms with E-state index in [-0.39, 0.29) is 12.0 Å². The molecular weight excluding hydrogens is 273 g/mol. The SMILES string of the molecule is COC(=O)C(N)Cc1c(F)cccc1Oc1ccccc1. The van der Waals surface area contributed by atoms with Crippen molar-refractivity contribution in [2.75, 3.05) is 7.11 Å². The first-order valence-corrected chi connectivity index (χ1v) is 6.45. The minimum absolute atomic E-state index is 0.00150. The molecule has 2 rings (SSSR count). The minimum Gasteiger partial charge on any atom is -0.468 e. The van der Waals surface area contributed by atoms with Gasteiger partial charge in [0.15, 0.2) is 0 Å². The highest BCUT2D eigenvalue weighted by Gasteiger charge is 2.20. The molecule has 0 bridgehead atoms. The molecule has 0 fully saturated rings. The number of methoxy groups -OCH3 is 1. The monoisotopic (exact) mass is 289 g/mol. The number of hydrogen-bond donors (Lipinski definition) is 1. The second kappa shape index (κ2) is 6.85. The zero-order valence-electron chi connectivity index (χ0n) is 11.6. The summed E-state index contributed by atoms with van der Waals surface area (Å²) in [5.41, 5.74) is 5.94. The van der Waals surface area contributed by atoms with Gasteiger partial charge in [0.2, 0.25) is 0 Å². The Morgan fingerprint density at radius 3 is 2.57 bits per heavy atom. The molecule has 2 aromatic rings. The van der Waals surface area contributed by atoms with Crippen molar-refractivity contribution in [2.24, 2.45) is 5.73 Å². The molecule has 1 atom stereocenters. The van der Waals surface area contributed by atoms with E-state index in [0.29, 0.717) is 11.5 Å². The fraction of sp³-hybridized carbons (Fsp3) is 0.188. The molecule has 0 aliphatic heterocycles. The minimum atomic E-state index is -0.940. The number of carbonyl (C=O) groups is 1. The first-order chi connectivity index (χ1) is 10.1. The quantitative estimate of drug-likeness (QED) is 0.860. The molecule has 0 saturated carbocycles. The van der Waals surface area contributed by atoms with Gasteiger partial charge in [0.05, 0.1) is 7.11 Å². The average Bonchev–Trinajstić information content (AvgIpc) is 2.50. The summed E-state index contributed by atoms with van der Waals surface area (Å²) in [5.74, 6) is -0.150. The first-order valence-electron chi connectivity index (χ1n) is 6.45. The lowest BCUT2D eigenvalue weighted by Crippen LogP contribution is -2.34. The number of halogens is 1. The Morgan fingerprint density at radius 2 is 1.90 bits per heavy atom. The van der Waals surface area contributed by atoms with Crippen LogP contribution in [0.1, 0.15) is 5.56 Å². The fourth-order valence-electron chi connectivity index (χ4n) is 1.90. The molecule has 110 valence electrons. The number of carbonyl (C=O) groups excluding carboxylic acids is 1. The van der Waals surface area contributed by atoms with Crippen molar-refractivity contribution in [2.45, 2.75) is 12.5 Å². The van der Waals surface area contributed by atoms with Crippen molar-refractivity contribution < 1.29 is 18.7 Å². The van der Waals surface area contributed by atoms with E-state index < -0.39 is 17.8 Å². The Morgan fingerprint density at radius 1 is 1.19 bits per heavy atom. The summed E-state index contributed by atoms with van der Waals surface area (Å²) >= 11 is 0. The smallest absolute Gasteiger partial charge is 0.322 e. The molecular formula is C16H16FNO3. The third-order valence-electron chi connectivity index (χ3n) is 2.97. The summed E-state index contributed by atoms with van der Waals surface area (Å²) in [6.07, 6.45) is 0.00150. The van der Waals surface area contributed by atoms with E-state index in [4.69, 9.17) is 10.5 Å². The summed E-state index contributed by atoms with van der Waals surface area (Å²) in [6, 6.07) is 12.5. The third kappa shape index (κ3) is 3.79. The van der Waals surface area contributed by atoms with Crippen LogP contribution >= 0.6 is 0 Å². The van der Waals surface area contributed by atoms with E-state index in [9.17, 15) is 9.18 Å². The molecule has 0 heterocycles. The molecule has 2 aromatic carbocycles. The highest BCUT2D eigenvalue weighted by atomic mass is 19.1. The highest BCUT2D eigenvalue weighted by molar-refractivity contribution is 5.75. The summed E-state index contributed by atoms with van der Waals surface area (Å²) in [4.78, 5) is 11.4. The Kier molecular flexibility index (Phi) is 4.90. The number of esters is 1. The van der Waals surface area contributed by atoms with Gasteiger partial charge in [-0.3, -0.25) is 4.79 Å². The zero-order chi connectivity index (χ0) is 15.2. The van der Waals surface area contributed by atoms with E-state index in [1.54, 1.807) is 24.3 Å². The molecule has 21 heavy (non-hydrogen) atoms. The van der Waals surface area contributed by atoms with Crippen molar-refractivity contribution in [3.8, 4) is 11.5 Å². The van der Waals surface area contributed by atoms with Crippen molar-refractivity contribution in [3.63, 3.8) is 0 Å². The number of ether oxygens (including phenoxy) is 2. The second-order valence-electron chi connectivity index (χ2n) is 4.47. The number of para-hydroxylation sites is 1. The maximum absolute atomic E-state index is 14.0. The van der Waals surface area contributed by atoms with E-state index in [1.165, 1.54) is 13.2 Å². The van der Waals surface area contributed by atoms with Crippen molar-refractivity contribution in [1.82, 2.24) is 0 Å². The molecule has 0 aromatic heterocycles. The molecule has 0 aliphatic carbocycles. The Labute approximate surface area is 122 Å². The van der Waals surface area contributed by atoms with Gasteiger partial charge < -0.3 is 15.2 Å². The largest absolute Gasteiger partial charge is 0.468 e. The maximum atomic E-state index is 14.0. The number of benzene rings is 2. The van der Waals surface area contributed by atoms with Crippen LogP contribution in [0, 0.1) is 5.82 Å². The Bertz CT molecular complexity index is 616. The van der Waals surface area contributed by atoms with E-state index in [1.807, 2.05) is 18.2 Å². The number of rotatable bonds is 5. The zero-order valence-corrected chi connectivity index (χ0v) is 11.6. The van der Waals surface area contributed by atoms with Crippen LogP contribution in [0.4, 0.5) is 4.39 Å². The fourth-order valence-corrected chi connectivity index (χ4v) is 1.90. The summed E-state index contributed by atoms with van der Waals surface area (Å²) < 4.78 is 24.2. The van der Waals surface area contributed by atoms with Crippen molar-refractivity contribution in [1.29, 1.82) is 0 Å². The van der Waals surface area contributed by atoms with Crippen LogP contribution in [0.2, 0.25) is 0 Å². The van der Waals surface area contributed by atoms with Crippen LogP contribution in [0.3, 0.4) is 0 Å². The molecule has 0 saturated heterocycles.